The second kappa shape index (κ2) is 8.02. The molecule has 1 aliphatic carbocycles. The Morgan fingerprint density at radius 2 is 1.77 bits per heavy atom. The topological polar surface area (TPSA) is 42.1 Å². The molecule has 2 aromatic rings. The third kappa shape index (κ3) is 4.01. The lowest BCUT2D eigenvalue weighted by Crippen LogP contribution is -2.28. The van der Waals surface area contributed by atoms with Crippen molar-refractivity contribution in [3.8, 4) is 11.3 Å². The van der Waals surface area contributed by atoms with Gasteiger partial charge in [-0.3, -0.25) is 0 Å². The van der Waals surface area contributed by atoms with Gasteiger partial charge < -0.3 is 10.6 Å². The van der Waals surface area contributed by atoms with Gasteiger partial charge in [-0.2, -0.15) is 0 Å². The minimum absolute atomic E-state index is 0.413. The fraction of sp³-hybridized carbons (Fsp3) is 0.421. The number of anilines is 2. The predicted molar refractivity (Wildman–Crippen MR) is 114 cm³/mol. The first kappa shape index (κ1) is 19.9. The van der Waals surface area contributed by atoms with Crippen molar-refractivity contribution < 1.29 is 0 Å². The Balaban J connectivity index is 2.18. The molecule has 0 radical (unpaired) electrons. The summed E-state index contributed by atoms with van der Waals surface area (Å²) in [5.41, 5.74) is 9.64. The monoisotopic (exact) mass is 431 g/mol. The van der Waals surface area contributed by atoms with Crippen LogP contribution >= 0.6 is 46.4 Å². The Labute approximate surface area is 174 Å². The van der Waals surface area contributed by atoms with E-state index in [-0.39, 0.29) is 0 Å². The quantitative estimate of drug-likeness (QED) is 0.540. The molecule has 2 N–H and O–H groups in total. The summed E-state index contributed by atoms with van der Waals surface area (Å²) in [7, 11) is 0. The van der Waals surface area contributed by atoms with Crippen LogP contribution in [0.15, 0.2) is 12.1 Å². The molecule has 0 unspecified atom stereocenters. The van der Waals surface area contributed by atoms with Crippen molar-refractivity contribution in [1.82, 2.24) is 4.98 Å². The van der Waals surface area contributed by atoms with Crippen LogP contribution in [0.5, 0.6) is 0 Å². The van der Waals surface area contributed by atoms with Crippen molar-refractivity contribution in [2.75, 3.05) is 23.7 Å². The van der Waals surface area contributed by atoms with Crippen LogP contribution in [-0.4, -0.2) is 18.1 Å². The van der Waals surface area contributed by atoms with Crippen LogP contribution in [0.3, 0.4) is 0 Å². The summed E-state index contributed by atoms with van der Waals surface area (Å²) in [6.07, 6.45) is 3.51. The first-order valence-electron chi connectivity index (χ1n) is 8.68. The molecule has 3 rings (SSSR count). The van der Waals surface area contributed by atoms with Crippen molar-refractivity contribution in [1.29, 1.82) is 0 Å². The molecule has 0 spiro atoms. The van der Waals surface area contributed by atoms with Gasteiger partial charge in [0.15, 0.2) is 0 Å². The average Bonchev–Trinajstić information content (AvgIpc) is 3.35. The summed E-state index contributed by atoms with van der Waals surface area (Å²) in [4.78, 5) is 6.87. The molecule has 1 aromatic heterocycles. The number of nitrogens with zero attached hydrogens (tertiary/aromatic N) is 2. The van der Waals surface area contributed by atoms with E-state index in [1.54, 1.807) is 12.1 Å². The molecule has 0 atom stereocenters. The smallest absolute Gasteiger partial charge is 0.0944 e. The van der Waals surface area contributed by atoms with Crippen molar-refractivity contribution in [2.45, 2.75) is 33.1 Å². The second-order valence-electron chi connectivity index (χ2n) is 6.76. The second-order valence-corrected chi connectivity index (χ2v) is 8.38. The molecule has 0 saturated heterocycles. The molecule has 1 fully saturated rings. The lowest BCUT2D eigenvalue weighted by atomic mass is 10.1. The zero-order valence-electron chi connectivity index (χ0n) is 14.8. The number of aryl methyl sites for hydroxylation is 1. The fourth-order valence-corrected chi connectivity index (χ4v) is 4.45. The summed E-state index contributed by atoms with van der Waals surface area (Å²) < 4.78 is 0. The van der Waals surface area contributed by atoms with Gasteiger partial charge in [0.05, 0.1) is 37.8 Å². The largest absolute Gasteiger partial charge is 0.396 e. The Kier molecular flexibility index (Phi) is 6.13. The van der Waals surface area contributed by atoms with Crippen molar-refractivity contribution >= 4 is 57.8 Å². The first-order chi connectivity index (χ1) is 12.3. The standard InChI is InChI=1S/C19H21Cl4N3/c1-3-6-26(9-11-4-5-11)19-16(23)18(25-10(2)17(19)24)15-13(21)7-12(20)8-14(15)22/h7-8,11H,3-6,9,24H2,1-2H3. The van der Waals surface area contributed by atoms with Crippen LogP contribution in [0.2, 0.25) is 20.1 Å². The van der Waals surface area contributed by atoms with Gasteiger partial charge in [-0.1, -0.05) is 53.3 Å². The van der Waals surface area contributed by atoms with E-state index in [1.807, 2.05) is 6.92 Å². The molecule has 0 aliphatic heterocycles. The third-order valence-corrected chi connectivity index (χ3v) is 5.74. The molecule has 1 aromatic carbocycles. The molecule has 1 heterocycles. The SMILES string of the molecule is CCCN(CC1CC1)c1c(N)c(C)nc(-c2c(Cl)cc(Cl)cc2Cl)c1Cl. The number of hydrogen-bond acceptors (Lipinski definition) is 3. The highest BCUT2D eigenvalue weighted by molar-refractivity contribution is 6.43. The van der Waals surface area contributed by atoms with Crippen LogP contribution in [0, 0.1) is 12.8 Å². The van der Waals surface area contributed by atoms with E-state index in [0.29, 0.717) is 48.6 Å². The number of rotatable bonds is 6. The first-order valence-corrected chi connectivity index (χ1v) is 10.2. The van der Waals surface area contributed by atoms with Gasteiger partial charge in [0, 0.05) is 23.7 Å². The van der Waals surface area contributed by atoms with Gasteiger partial charge in [-0.25, -0.2) is 4.98 Å². The van der Waals surface area contributed by atoms with Crippen molar-refractivity contribution in [2.24, 2.45) is 5.92 Å². The summed E-state index contributed by atoms with van der Waals surface area (Å²) in [6, 6.07) is 3.28. The zero-order valence-corrected chi connectivity index (χ0v) is 17.8. The lowest BCUT2D eigenvalue weighted by molar-refractivity contribution is 0.708. The summed E-state index contributed by atoms with van der Waals surface area (Å²) in [5, 5.41) is 1.77. The molecule has 26 heavy (non-hydrogen) atoms. The Morgan fingerprint density at radius 1 is 1.15 bits per heavy atom. The molecular weight excluding hydrogens is 412 g/mol. The van der Waals surface area contributed by atoms with Crippen LogP contribution in [0.4, 0.5) is 11.4 Å². The van der Waals surface area contributed by atoms with E-state index in [0.717, 1.165) is 25.2 Å². The van der Waals surface area contributed by atoms with Crippen LogP contribution < -0.4 is 10.6 Å². The number of nitrogens with two attached hydrogens (primary N) is 1. The maximum atomic E-state index is 6.80. The van der Waals surface area contributed by atoms with Crippen molar-refractivity contribution in [3.05, 3.63) is 37.9 Å². The van der Waals surface area contributed by atoms with Gasteiger partial charge in [-0.15, -0.1) is 0 Å². The van der Waals surface area contributed by atoms with E-state index >= 15 is 0 Å². The van der Waals surface area contributed by atoms with E-state index in [1.165, 1.54) is 12.8 Å². The summed E-state index contributed by atoms with van der Waals surface area (Å²) >= 11 is 25.7. The van der Waals surface area contributed by atoms with Gasteiger partial charge in [-0.05, 0) is 44.2 Å². The van der Waals surface area contributed by atoms with E-state index < -0.39 is 0 Å². The van der Waals surface area contributed by atoms with E-state index in [2.05, 4.69) is 16.8 Å². The zero-order chi connectivity index (χ0) is 19.0. The fourth-order valence-electron chi connectivity index (χ4n) is 3.10. The number of halogens is 4. The number of pyridine rings is 1. The van der Waals surface area contributed by atoms with Gasteiger partial charge in [0.2, 0.25) is 0 Å². The summed E-state index contributed by atoms with van der Waals surface area (Å²) in [5.74, 6) is 0.705. The minimum atomic E-state index is 0.413. The number of hydrogen-bond donors (Lipinski definition) is 1. The normalized spacial score (nSPS) is 13.9. The van der Waals surface area contributed by atoms with E-state index in [4.69, 9.17) is 52.1 Å². The van der Waals surface area contributed by atoms with Crippen LogP contribution in [0.1, 0.15) is 31.9 Å². The molecule has 140 valence electrons. The Bertz CT molecular complexity index is 811. The van der Waals surface area contributed by atoms with E-state index in [9.17, 15) is 0 Å². The average molecular weight is 433 g/mol. The number of benzene rings is 1. The van der Waals surface area contributed by atoms with Gasteiger partial charge >= 0.3 is 0 Å². The van der Waals surface area contributed by atoms with Crippen LogP contribution in [0.25, 0.3) is 11.3 Å². The maximum absolute atomic E-state index is 6.80. The highest BCUT2D eigenvalue weighted by Gasteiger charge is 2.28. The van der Waals surface area contributed by atoms with Crippen molar-refractivity contribution in [3.63, 3.8) is 0 Å². The summed E-state index contributed by atoms with van der Waals surface area (Å²) in [6.45, 7) is 5.84. The minimum Gasteiger partial charge on any atom is -0.396 e. The molecular formula is C19H21Cl4N3. The third-order valence-electron chi connectivity index (χ3n) is 4.57. The highest BCUT2D eigenvalue weighted by Crippen LogP contribution is 2.46. The predicted octanol–water partition coefficient (Wildman–Crippen LogP) is 6.88. The molecule has 1 aliphatic rings. The number of aromatic nitrogens is 1. The number of nitrogen functional groups attached to an aromatic ring is 1. The Morgan fingerprint density at radius 3 is 2.31 bits per heavy atom. The van der Waals surface area contributed by atoms with Crippen LogP contribution in [-0.2, 0) is 0 Å². The molecule has 0 bridgehead atoms. The molecule has 1 saturated carbocycles. The van der Waals surface area contributed by atoms with Gasteiger partial charge in [0.1, 0.15) is 0 Å². The Hall–Kier alpha value is -0.870. The molecule has 3 nitrogen and oxygen atoms in total. The van der Waals surface area contributed by atoms with Gasteiger partial charge in [0.25, 0.3) is 0 Å². The maximum Gasteiger partial charge on any atom is 0.0944 e. The lowest BCUT2D eigenvalue weighted by Gasteiger charge is -2.28. The molecule has 0 amide bonds. The molecule has 7 heteroatoms. The highest BCUT2D eigenvalue weighted by atomic mass is 35.5.